The Labute approximate surface area is 238 Å². The first-order valence-electron chi connectivity index (χ1n) is 14.3. The van der Waals surface area contributed by atoms with Gasteiger partial charge in [-0.1, -0.05) is 93.4 Å². The zero-order valence-corrected chi connectivity index (χ0v) is 24.2. The van der Waals surface area contributed by atoms with Crippen molar-refractivity contribution in [2.75, 3.05) is 20.8 Å². The van der Waals surface area contributed by atoms with Crippen molar-refractivity contribution >= 4 is 5.97 Å². The number of benzene rings is 3. The van der Waals surface area contributed by atoms with Gasteiger partial charge in [0, 0.05) is 30.8 Å². The summed E-state index contributed by atoms with van der Waals surface area (Å²) in [4.78, 5) is 20.0. The first-order valence-corrected chi connectivity index (χ1v) is 14.3. The molecule has 0 aliphatic rings. The van der Waals surface area contributed by atoms with Crippen LogP contribution in [0, 0.1) is 0 Å². The molecule has 4 aromatic rings. The molecular formula is C34H41N3O3. The minimum atomic E-state index is -0.396. The molecule has 1 heterocycles. The summed E-state index contributed by atoms with van der Waals surface area (Å²) in [6.07, 6.45) is 4.39. The smallest absolute Gasteiger partial charge is 0.341 e. The molecular weight excluding hydrogens is 498 g/mol. The summed E-state index contributed by atoms with van der Waals surface area (Å²) in [5.74, 6) is 1.15. The van der Waals surface area contributed by atoms with Crippen LogP contribution >= 0.6 is 0 Å². The molecule has 0 saturated heterocycles. The molecule has 0 aliphatic heterocycles. The van der Waals surface area contributed by atoms with Gasteiger partial charge in [0.15, 0.2) is 0 Å². The van der Waals surface area contributed by atoms with Gasteiger partial charge in [-0.05, 0) is 37.1 Å². The van der Waals surface area contributed by atoms with Crippen molar-refractivity contribution in [2.24, 2.45) is 0 Å². The van der Waals surface area contributed by atoms with Crippen LogP contribution in [0.25, 0.3) is 22.6 Å². The maximum absolute atomic E-state index is 12.2. The average Bonchev–Trinajstić information content (AvgIpc) is 3.36. The standard InChI is InChI=1S/C34H41N3O3/c1-5-7-21-36(24-26-19-20-29(34(38)40-4)31(23-26)39-3)25-30-32(27-15-11-9-12-16-27)35-33(37(30)22-8-6-2)28-17-13-10-14-18-28/h9-20,23H,5-8,21-22,24-25H2,1-4H3. The molecule has 0 atom stereocenters. The van der Waals surface area contributed by atoms with E-state index in [1.165, 1.54) is 12.8 Å². The zero-order valence-electron chi connectivity index (χ0n) is 24.2. The maximum atomic E-state index is 12.2. The number of carbonyl (C=O) groups is 1. The minimum absolute atomic E-state index is 0.396. The van der Waals surface area contributed by atoms with Crippen molar-refractivity contribution in [1.82, 2.24) is 14.5 Å². The zero-order chi connectivity index (χ0) is 28.3. The van der Waals surface area contributed by atoms with Crippen molar-refractivity contribution in [3.8, 4) is 28.4 Å². The fourth-order valence-corrected chi connectivity index (χ4v) is 5.02. The lowest BCUT2D eigenvalue weighted by Crippen LogP contribution is -2.26. The molecule has 0 fully saturated rings. The quantitative estimate of drug-likeness (QED) is 0.154. The lowest BCUT2D eigenvalue weighted by Gasteiger charge is -2.24. The van der Waals surface area contributed by atoms with Crippen LogP contribution in [0.4, 0.5) is 0 Å². The van der Waals surface area contributed by atoms with E-state index in [2.05, 4.69) is 71.8 Å². The van der Waals surface area contributed by atoms with E-state index in [0.29, 0.717) is 11.3 Å². The van der Waals surface area contributed by atoms with Crippen LogP contribution in [0.15, 0.2) is 78.9 Å². The lowest BCUT2D eigenvalue weighted by molar-refractivity contribution is 0.0597. The largest absolute Gasteiger partial charge is 0.496 e. The van der Waals surface area contributed by atoms with E-state index >= 15 is 0 Å². The molecule has 210 valence electrons. The molecule has 0 amide bonds. The predicted molar refractivity (Wildman–Crippen MR) is 161 cm³/mol. The van der Waals surface area contributed by atoms with Crippen LogP contribution in [-0.2, 0) is 24.4 Å². The summed E-state index contributed by atoms with van der Waals surface area (Å²) >= 11 is 0. The number of rotatable bonds is 14. The van der Waals surface area contributed by atoms with Gasteiger partial charge in [0.25, 0.3) is 0 Å². The van der Waals surface area contributed by atoms with Gasteiger partial charge in [-0.2, -0.15) is 0 Å². The summed E-state index contributed by atoms with van der Waals surface area (Å²) < 4.78 is 12.9. The van der Waals surface area contributed by atoms with E-state index in [1.54, 1.807) is 13.2 Å². The van der Waals surface area contributed by atoms with Gasteiger partial charge < -0.3 is 14.0 Å². The Kier molecular flexibility index (Phi) is 10.5. The number of nitrogens with zero attached hydrogens (tertiary/aromatic N) is 3. The molecule has 1 aromatic heterocycles. The van der Waals surface area contributed by atoms with Crippen LogP contribution in [0.1, 0.15) is 61.1 Å². The predicted octanol–water partition coefficient (Wildman–Crippen LogP) is 7.61. The van der Waals surface area contributed by atoms with Gasteiger partial charge in [0.2, 0.25) is 0 Å². The highest BCUT2D eigenvalue weighted by molar-refractivity contribution is 5.92. The number of unbranched alkanes of at least 4 members (excludes halogenated alkanes) is 2. The molecule has 0 unspecified atom stereocenters. The second-order valence-electron chi connectivity index (χ2n) is 10.1. The first-order chi connectivity index (χ1) is 19.6. The Morgan fingerprint density at radius 2 is 1.52 bits per heavy atom. The van der Waals surface area contributed by atoms with Gasteiger partial charge in [-0.15, -0.1) is 0 Å². The third-order valence-electron chi connectivity index (χ3n) is 7.17. The Morgan fingerprint density at radius 1 is 0.850 bits per heavy atom. The van der Waals surface area contributed by atoms with Crippen molar-refractivity contribution in [3.05, 3.63) is 95.7 Å². The van der Waals surface area contributed by atoms with E-state index in [0.717, 1.165) is 80.1 Å². The van der Waals surface area contributed by atoms with E-state index in [9.17, 15) is 4.79 Å². The summed E-state index contributed by atoms with van der Waals surface area (Å²) in [5, 5.41) is 0. The van der Waals surface area contributed by atoms with E-state index in [1.807, 2.05) is 24.3 Å². The van der Waals surface area contributed by atoms with Crippen LogP contribution in [0.5, 0.6) is 5.75 Å². The van der Waals surface area contributed by atoms with Crippen molar-refractivity contribution in [2.45, 2.75) is 59.2 Å². The summed E-state index contributed by atoms with van der Waals surface area (Å²) in [5.41, 5.74) is 6.05. The molecule has 0 spiro atoms. The fraction of sp³-hybridized carbons (Fsp3) is 0.353. The average molecular weight is 540 g/mol. The summed E-state index contributed by atoms with van der Waals surface area (Å²) in [7, 11) is 2.97. The number of carbonyl (C=O) groups excluding carboxylic acids is 1. The number of ether oxygens (including phenoxy) is 2. The Hall–Kier alpha value is -3.90. The number of methoxy groups -OCH3 is 2. The van der Waals surface area contributed by atoms with Crippen molar-refractivity contribution in [1.29, 1.82) is 0 Å². The van der Waals surface area contributed by atoms with Gasteiger partial charge in [-0.25, -0.2) is 9.78 Å². The normalized spacial score (nSPS) is 11.1. The number of esters is 1. The van der Waals surface area contributed by atoms with E-state index < -0.39 is 5.97 Å². The molecule has 40 heavy (non-hydrogen) atoms. The number of hydrogen-bond acceptors (Lipinski definition) is 5. The number of hydrogen-bond donors (Lipinski definition) is 0. The third-order valence-corrected chi connectivity index (χ3v) is 7.17. The molecule has 6 nitrogen and oxygen atoms in total. The van der Waals surface area contributed by atoms with Crippen LogP contribution in [0.3, 0.4) is 0 Å². The van der Waals surface area contributed by atoms with E-state index in [-0.39, 0.29) is 0 Å². The molecule has 3 aromatic carbocycles. The van der Waals surface area contributed by atoms with Crippen LogP contribution < -0.4 is 4.74 Å². The molecule has 6 heteroatoms. The fourth-order valence-electron chi connectivity index (χ4n) is 5.02. The Bertz CT molecular complexity index is 1370. The van der Waals surface area contributed by atoms with Crippen LogP contribution in [0.2, 0.25) is 0 Å². The number of imidazole rings is 1. The first kappa shape index (κ1) is 29.1. The van der Waals surface area contributed by atoms with E-state index in [4.69, 9.17) is 14.5 Å². The third kappa shape index (κ3) is 6.99. The van der Waals surface area contributed by atoms with Gasteiger partial charge in [-0.3, -0.25) is 4.90 Å². The highest BCUT2D eigenvalue weighted by Gasteiger charge is 2.22. The van der Waals surface area contributed by atoms with Crippen molar-refractivity contribution in [3.63, 3.8) is 0 Å². The molecule has 0 bridgehead atoms. The second-order valence-corrected chi connectivity index (χ2v) is 10.1. The molecule has 0 N–H and O–H groups in total. The van der Waals surface area contributed by atoms with Gasteiger partial charge >= 0.3 is 5.97 Å². The van der Waals surface area contributed by atoms with Gasteiger partial charge in [0.05, 0.1) is 25.6 Å². The molecule has 0 aliphatic carbocycles. The minimum Gasteiger partial charge on any atom is -0.496 e. The topological polar surface area (TPSA) is 56.6 Å². The highest BCUT2D eigenvalue weighted by Crippen LogP contribution is 2.32. The molecule has 4 rings (SSSR count). The highest BCUT2D eigenvalue weighted by atomic mass is 16.5. The Balaban J connectivity index is 1.77. The van der Waals surface area contributed by atoms with Crippen LogP contribution in [-0.4, -0.2) is 41.2 Å². The summed E-state index contributed by atoms with van der Waals surface area (Å²) in [6.45, 7) is 7.81. The molecule has 0 radical (unpaired) electrons. The summed E-state index contributed by atoms with van der Waals surface area (Å²) in [6, 6.07) is 26.8. The molecule has 0 saturated carbocycles. The number of aromatic nitrogens is 2. The lowest BCUT2D eigenvalue weighted by atomic mass is 10.1. The Morgan fingerprint density at radius 3 is 2.15 bits per heavy atom. The second kappa shape index (κ2) is 14.5. The van der Waals surface area contributed by atoms with Gasteiger partial charge in [0.1, 0.15) is 17.1 Å². The SMILES string of the molecule is CCCCN(Cc1ccc(C(=O)OC)c(OC)c1)Cc1c(-c2ccccc2)nc(-c2ccccc2)n1CCCC. The monoisotopic (exact) mass is 539 g/mol. The maximum Gasteiger partial charge on any atom is 0.341 e. The van der Waals surface area contributed by atoms with Crippen molar-refractivity contribution < 1.29 is 14.3 Å².